The number of nitrogens with one attached hydrogen (secondary N) is 1. The van der Waals surface area contributed by atoms with Crippen LogP contribution in [0.3, 0.4) is 0 Å². The lowest BCUT2D eigenvalue weighted by molar-refractivity contribution is 0.0698. The average Bonchev–Trinajstić information content (AvgIpc) is 2.63. The third-order valence-electron chi connectivity index (χ3n) is 2.98. The van der Waals surface area contributed by atoms with Gasteiger partial charge in [-0.3, -0.25) is 0 Å². The third-order valence-corrected chi connectivity index (χ3v) is 2.98. The second-order valence-electron chi connectivity index (χ2n) is 4.79. The van der Waals surface area contributed by atoms with Crippen molar-refractivity contribution in [2.24, 2.45) is 0 Å². The van der Waals surface area contributed by atoms with Gasteiger partial charge in [-0.2, -0.15) is 0 Å². The number of nitrogens with zero attached hydrogens (tertiary/aromatic N) is 1. The number of hydrogen-bond donors (Lipinski definition) is 2. The summed E-state index contributed by atoms with van der Waals surface area (Å²) in [5, 5.41) is 9.91. The van der Waals surface area contributed by atoms with Gasteiger partial charge in [-0.15, -0.1) is 0 Å². The minimum Gasteiger partial charge on any atom is -0.492 e. The van der Waals surface area contributed by atoms with Gasteiger partial charge in [-0.05, 0) is 39.2 Å². The fraction of sp³-hybridized carbons (Fsp3) is 0.357. The predicted molar refractivity (Wildman–Crippen MR) is 74.0 cm³/mol. The highest BCUT2D eigenvalue weighted by molar-refractivity contribution is 6.05. The molecule has 0 atom stereocenters. The van der Waals surface area contributed by atoms with Crippen LogP contribution in [0.1, 0.15) is 16.1 Å². The van der Waals surface area contributed by atoms with Crippen LogP contribution in [0.15, 0.2) is 18.2 Å². The molecular formula is C14H18N2O3. The number of likely N-dealkylation sites (N-methyl/N-ethyl adjacent to an activating group) is 1. The monoisotopic (exact) mass is 262 g/mol. The Morgan fingerprint density at radius 3 is 2.79 bits per heavy atom. The number of carboxylic acid groups (broad SMARTS) is 1. The Labute approximate surface area is 111 Å². The van der Waals surface area contributed by atoms with Gasteiger partial charge in [-0.25, -0.2) is 4.79 Å². The molecule has 0 bridgehead atoms. The Balaban J connectivity index is 2.28. The van der Waals surface area contributed by atoms with Gasteiger partial charge in [0.25, 0.3) is 0 Å². The highest BCUT2D eigenvalue weighted by atomic mass is 16.5. The van der Waals surface area contributed by atoms with E-state index < -0.39 is 5.97 Å². The number of aromatic carboxylic acids is 1. The average molecular weight is 262 g/mol. The van der Waals surface area contributed by atoms with Crippen molar-refractivity contribution in [1.29, 1.82) is 0 Å². The first-order valence-corrected chi connectivity index (χ1v) is 6.12. The summed E-state index contributed by atoms with van der Waals surface area (Å²) in [6.45, 7) is 3.15. The van der Waals surface area contributed by atoms with Crippen LogP contribution < -0.4 is 4.74 Å². The van der Waals surface area contributed by atoms with E-state index in [1.54, 1.807) is 13.0 Å². The summed E-state index contributed by atoms with van der Waals surface area (Å²) in [6, 6.07) is 5.47. The molecule has 0 saturated carbocycles. The van der Waals surface area contributed by atoms with Gasteiger partial charge in [0.1, 0.15) is 12.4 Å². The van der Waals surface area contributed by atoms with Crippen LogP contribution in [0.25, 0.3) is 10.9 Å². The first-order chi connectivity index (χ1) is 8.99. The molecule has 0 fully saturated rings. The second kappa shape index (κ2) is 5.32. The highest BCUT2D eigenvalue weighted by Gasteiger charge is 2.15. The molecule has 0 radical (unpaired) electrons. The van der Waals surface area contributed by atoms with Crippen molar-refractivity contribution >= 4 is 16.9 Å². The summed E-state index contributed by atoms with van der Waals surface area (Å²) >= 11 is 0. The van der Waals surface area contributed by atoms with Crippen LogP contribution in [0.4, 0.5) is 0 Å². The molecule has 1 aromatic carbocycles. The molecule has 5 heteroatoms. The smallest absolute Gasteiger partial charge is 0.338 e. The van der Waals surface area contributed by atoms with Gasteiger partial charge in [0.2, 0.25) is 0 Å². The fourth-order valence-corrected chi connectivity index (χ4v) is 2.02. The number of carboxylic acids is 1. The maximum Gasteiger partial charge on any atom is 0.338 e. The summed E-state index contributed by atoms with van der Waals surface area (Å²) < 4.78 is 5.62. The lowest BCUT2D eigenvalue weighted by Crippen LogP contribution is -2.19. The molecule has 0 unspecified atom stereocenters. The molecule has 0 amide bonds. The fourth-order valence-electron chi connectivity index (χ4n) is 2.02. The molecule has 0 aliphatic rings. The number of rotatable bonds is 5. The Morgan fingerprint density at radius 1 is 1.42 bits per heavy atom. The van der Waals surface area contributed by atoms with Crippen molar-refractivity contribution < 1.29 is 14.6 Å². The molecule has 102 valence electrons. The van der Waals surface area contributed by atoms with Gasteiger partial charge >= 0.3 is 5.97 Å². The van der Waals surface area contributed by atoms with E-state index in [9.17, 15) is 9.90 Å². The lowest BCUT2D eigenvalue weighted by atomic mass is 10.1. The Morgan fingerprint density at radius 2 is 2.16 bits per heavy atom. The molecular weight excluding hydrogens is 244 g/mol. The zero-order valence-electron chi connectivity index (χ0n) is 11.4. The van der Waals surface area contributed by atoms with Gasteiger partial charge in [0.15, 0.2) is 0 Å². The number of aryl methyl sites for hydroxylation is 1. The summed E-state index contributed by atoms with van der Waals surface area (Å²) in [7, 11) is 3.95. The topological polar surface area (TPSA) is 65.6 Å². The second-order valence-corrected chi connectivity index (χ2v) is 4.79. The van der Waals surface area contributed by atoms with Crippen LogP contribution in [-0.4, -0.2) is 48.2 Å². The summed E-state index contributed by atoms with van der Waals surface area (Å²) in [5.41, 5.74) is 1.79. The Bertz CT molecular complexity index is 602. The van der Waals surface area contributed by atoms with Crippen molar-refractivity contribution in [1.82, 2.24) is 9.88 Å². The van der Waals surface area contributed by atoms with E-state index in [0.29, 0.717) is 29.0 Å². The van der Waals surface area contributed by atoms with Crippen LogP contribution >= 0.6 is 0 Å². The summed E-state index contributed by atoms with van der Waals surface area (Å²) in [6.07, 6.45) is 0. The first kappa shape index (κ1) is 13.4. The first-order valence-electron chi connectivity index (χ1n) is 6.12. The van der Waals surface area contributed by atoms with Gasteiger partial charge < -0.3 is 19.7 Å². The number of hydrogen-bond acceptors (Lipinski definition) is 3. The van der Waals surface area contributed by atoms with E-state index in [2.05, 4.69) is 4.98 Å². The minimum atomic E-state index is -0.922. The van der Waals surface area contributed by atoms with Crippen molar-refractivity contribution in [2.75, 3.05) is 27.2 Å². The molecule has 2 aromatic rings. The predicted octanol–water partition coefficient (Wildman–Crippen LogP) is 2.11. The number of carbonyl (C=O) groups is 1. The van der Waals surface area contributed by atoms with Crippen LogP contribution in [0, 0.1) is 6.92 Å². The van der Waals surface area contributed by atoms with Crippen LogP contribution in [-0.2, 0) is 0 Å². The molecule has 2 N–H and O–H groups in total. The zero-order chi connectivity index (χ0) is 14.0. The number of aromatic nitrogens is 1. The van der Waals surface area contributed by atoms with E-state index in [1.807, 2.05) is 31.1 Å². The third kappa shape index (κ3) is 2.88. The molecule has 1 heterocycles. The molecule has 0 spiro atoms. The number of benzene rings is 1. The molecule has 0 aliphatic carbocycles. The Kier molecular flexibility index (Phi) is 3.76. The number of fused-ring (bicyclic) bond motifs is 1. The van der Waals surface area contributed by atoms with Crippen LogP contribution in [0.2, 0.25) is 0 Å². The molecule has 1 aromatic heterocycles. The molecule has 2 rings (SSSR count). The van der Waals surface area contributed by atoms with E-state index in [4.69, 9.17) is 4.74 Å². The number of aromatic amines is 1. The van der Waals surface area contributed by atoms with Gasteiger partial charge in [0, 0.05) is 23.1 Å². The summed E-state index contributed by atoms with van der Waals surface area (Å²) in [5.74, 6) is -0.231. The zero-order valence-corrected chi connectivity index (χ0v) is 11.4. The van der Waals surface area contributed by atoms with Gasteiger partial charge in [-0.1, -0.05) is 0 Å². The van der Waals surface area contributed by atoms with Crippen molar-refractivity contribution in [2.45, 2.75) is 6.92 Å². The largest absolute Gasteiger partial charge is 0.492 e. The number of ether oxygens (including phenoxy) is 1. The molecule has 5 nitrogen and oxygen atoms in total. The van der Waals surface area contributed by atoms with E-state index in [0.717, 1.165) is 12.1 Å². The molecule has 19 heavy (non-hydrogen) atoms. The number of H-pyrrole nitrogens is 1. The maximum absolute atomic E-state index is 11.2. The van der Waals surface area contributed by atoms with Crippen molar-refractivity contribution in [3.8, 4) is 5.75 Å². The van der Waals surface area contributed by atoms with Crippen molar-refractivity contribution in [3.05, 3.63) is 29.5 Å². The SMILES string of the molecule is Cc1[nH]c2ccc(OCCN(C)C)cc2c1C(=O)O. The molecule has 0 aliphatic heterocycles. The van der Waals surface area contributed by atoms with E-state index in [1.165, 1.54) is 0 Å². The van der Waals surface area contributed by atoms with E-state index >= 15 is 0 Å². The maximum atomic E-state index is 11.2. The highest BCUT2D eigenvalue weighted by Crippen LogP contribution is 2.26. The van der Waals surface area contributed by atoms with Gasteiger partial charge in [0.05, 0.1) is 5.56 Å². The summed E-state index contributed by atoms with van der Waals surface area (Å²) in [4.78, 5) is 16.3. The normalized spacial score (nSPS) is 11.2. The molecule has 0 saturated heterocycles. The standard InChI is InChI=1S/C14H18N2O3/c1-9-13(14(17)18)11-8-10(4-5-12(11)15-9)19-7-6-16(2)3/h4-5,8,15H,6-7H2,1-3H3,(H,17,18). The quantitative estimate of drug-likeness (QED) is 0.866. The lowest BCUT2D eigenvalue weighted by Gasteiger charge is -2.11. The van der Waals surface area contributed by atoms with Crippen molar-refractivity contribution in [3.63, 3.8) is 0 Å². The minimum absolute atomic E-state index is 0.313. The van der Waals surface area contributed by atoms with Crippen LogP contribution in [0.5, 0.6) is 5.75 Å². The van der Waals surface area contributed by atoms with E-state index in [-0.39, 0.29) is 0 Å². The Hall–Kier alpha value is -2.01.